The number of nitrogens with one attached hydrogen (secondary N) is 1. The summed E-state index contributed by atoms with van der Waals surface area (Å²) >= 11 is 0. The predicted octanol–water partition coefficient (Wildman–Crippen LogP) is 0.655. The normalized spacial score (nSPS) is 28.3. The molecule has 1 rings (SSSR count). The van der Waals surface area contributed by atoms with Crippen LogP contribution in [0, 0.1) is 5.41 Å². The maximum absolute atomic E-state index is 11.4. The molecular weight excluding hydrogens is 192 g/mol. The average molecular weight is 214 g/mol. The van der Waals surface area contributed by atoms with Crippen LogP contribution in [0.5, 0.6) is 0 Å². The molecule has 15 heavy (non-hydrogen) atoms. The zero-order valence-corrected chi connectivity index (χ0v) is 9.88. The monoisotopic (exact) mass is 214 g/mol. The van der Waals surface area contributed by atoms with Crippen LogP contribution in [-0.2, 0) is 9.53 Å². The largest absolute Gasteiger partial charge is 0.378 e. The highest BCUT2D eigenvalue weighted by atomic mass is 16.5. The van der Waals surface area contributed by atoms with Gasteiger partial charge in [0.15, 0.2) is 0 Å². The van der Waals surface area contributed by atoms with Gasteiger partial charge in [-0.2, -0.15) is 0 Å². The summed E-state index contributed by atoms with van der Waals surface area (Å²) in [5.41, 5.74) is 5.36. The molecule has 1 fully saturated rings. The average Bonchev–Trinajstić information content (AvgIpc) is 2.17. The fourth-order valence-corrected chi connectivity index (χ4v) is 2.01. The van der Waals surface area contributed by atoms with Crippen LogP contribution in [-0.4, -0.2) is 31.2 Å². The van der Waals surface area contributed by atoms with E-state index in [9.17, 15) is 4.79 Å². The van der Waals surface area contributed by atoms with E-state index < -0.39 is 0 Å². The molecule has 0 aromatic heterocycles. The van der Waals surface area contributed by atoms with Crippen molar-refractivity contribution in [3.8, 4) is 0 Å². The fourth-order valence-electron chi connectivity index (χ4n) is 2.01. The molecule has 0 spiro atoms. The lowest BCUT2D eigenvalue weighted by Gasteiger charge is -2.51. The van der Waals surface area contributed by atoms with Crippen molar-refractivity contribution in [1.29, 1.82) is 0 Å². The molecule has 0 bridgehead atoms. The molecule has 0 heterocycles. The topological polar surface area (TPSA) is 64.3 Å². The standard InChI is InChI=1S/C11H22N2O2/c1-4-15-9-7-8(11(9,2)3)13-10(14)5-6-12/h8-9H,4-7,12H2,1-3H3,(H,13,14). The lowest BCUT2D eigenvalue weighted by atomic mass is 9.64. The summed E-state index contributed by atoms with van der Waals surface area (Å²) in [7, 11) is 0. The third-order valence-corrected chi connectivity index (χ3v) is 3.25. The van der Waals surface area contributed by atoms with E-state index in [1.54, 1.807) is 0 Å². The number of nitrogens with two attached hydrogens (primary N) is 1. The van der Waals surface area contributed by atoms with E-state index in [0.29, 0.717) is 13.0 Å². The van der Waals surface area contributed by atoms with Crippen LogP contribution < -0.4 is 11.1 Å². The van der Waals surface area contributed by atoms with E-state index in [-0.39, 0.29) is 23.5 Å². The number of hydrogen-bond acceptors (Lipinski definition) is 3. The molecule has 0 saturated heterocycles. The summed E-state index contributed by atoms with van der Waals surface area (Å²) in [6, 6.07) is 0.230. The van der Waals surface area contributed by atoms with Crippen molar-refractivity contribution in [3.05, 3.63) is 0 Å². The first-order valence-electron chi connectivity index (χ1n) is 5.63. The number of hydrogen-bond donors (Lipinski definition) is 2. The second-order valence-corrected chi connectivity index (χ2v) is 4.66. The quantitative estimate of drug-likeness (QED) is 0.706. The van der Waals surface area contributed by atoms with Crippen molar-refractivity contribution in [2.24, 2.45) is 11.1 Å². The van der Waals surface area contributed by atoms with Crippen LogP contribution in [0.25, 0.3) is 0 Å². The first-order chi connectivity index (χ1) is 7.02. The highest BCUT2D eigenvalue weighted by Gasteiger charge is 2.49. The summed E-state index contributed by atoms with van der Waals surface area (Å²) in [4.78, 5) is 11.4. The molecule has 1 saturated carbocycles. The van der Waals surface area contributed by atoms with E-state index in [1.165, 1.54) is 0 Å². The van der Waals surface area contributed by atoms with Gasteiger partial charge in [0.2, 0.25) is 5.91 Å². The van der Waals surface area contributed by atoms with Gasteiger partial charge in [0, 0.05) is 31.0 Å². The predicted molar refractivity (Wildman–Crippen MR) is 59.4 cm³/mol. The molecule has 3 N–H and O–H groups in total. The highest BCUT2D eigenvalue weighted by molar-refractivity contribution is 5.76. The van der Waals surface area contributed by atoms with Gasteiger partial charge in [-0.05, 0) is 13.3 Å². The van der Waals surface area contributed by atoms with Crippen LogP contribution in [0.3, 0.4) is 0 Å². The number of rotatable bonds is 5. The van der Waals surface area contributed by atoms with Gasteiger partial charge in [0.1, 0.15) is 0 Å². The van der Waals surface area contributed by atoms with Crippen molar-refractivity contribution in [1.82, 2.24) is 5.32 Å². The molecule has 0 radical (unpaired) electrons. The molecular formula is C11H22N2O2. The van der Waals surface area contributed by atoms with Gasteiger partial charge in [-0.15, -0.1) is 0 Å². The number of carbonyl (C=O) groups is 1. The molecule has 1 aliphatic carbocycles. The van der Waals surface area contributed by atoms with E-state index in [2.05, 4.69) is 19.2 Å². The van der Waals surface area contributed by atoms with E-state index in [4.69, 9.17) is 10.5 Å². The Labute approximate surface area is 91.5 Å². The van der Waals surface area contributed by atoms with Crippen LogP contribution in [0.2, 0.25) is 0 Å². The third kappa shape index (κ3) is 2.69. The molecule has 4 nitrogen and oxygen atoms in total. The van der Waals surface area contributed by atoms with Gasteiger partial charge in [-0.3, -0.25) is 4.79 Å². The van der Waals surface area contributed by atoms with Gasteiger partial charge in [-0.25, -0.2) is 0 Å². The zero-order valence-electron chi connectivity index (χ0n) is 9.88. The Balaban J connectivity index is 2.38. The number of carbonyl (C=O) groups excluding carboxylic acids is 1. The Hall–Kier alpha value is -0.610. The lowest BCUT2D eigenvalue weighted by molar-refractivity contribution is -0.136. The minimum Gasteiger partial charge on any atom is -0.378 e. The molecule has 1 amide bonds. The Morgan fingerprint density at radius 3 is 2.73 bits per heavy atom. The molecule has 88 valence electrons. The highest BCUT2D eigenvalue weighted by Crippen LogP contribution is 2.42. The molecule has 2 atom stereocenters. The maximum Gasteiger partial charge on any atom is 0.221 e. The summed E-state index contributed by atoms with van der Waals surface area (Å²) in [5, 5.41) is 3.00. The van der Waals surface area contributed by atoms with Gasteiger partial charge in [0.05, 0.1) is 6.10 Å². The van der Waals surface area contributed by atoms with Gasteiger partial charge in [0.25, 0.3) is 0 Å². The second kappa shape index (κ2) is 4.94. The molecule has 1 aliphatic rings. The van der Waals surface area contributed by atoms with E-state index in [1.807, 2.05) is 6.92 Å². The van der Waals surface area contributed by atoms with Crippen molar-refractivity contribution < 1.29 is 9.53 Å². The Kier molecular flexibility index (Phi) is 4.11. The van der Waals surface area contributed by atoms with E-state index >= 15 is 0 Å². The summed E-state index contributed by atoms with van der Waals surface area (Å²) < 4.78 is 5.59. The number of ether oxygens (including phenoxy) is 1. The first kappa shape index (κ1) is 12.5. The van der Waals surface area contributed by atoms with Crippen LogP contribution in [0.15, 0.2) is 0 Å². The third-order valence-electron chi connectivity index (χ3n) is 3.25. The molecule has 0 aromatic carbocycles. The van der Waals surface area contributed by atoms with Crippen molar-refractivity contribution >= 4 is 5.91 Å². The minimum atomic E-state index is 0.0419. The molecule has 4 heteroatoms. The van der Waals surface area contributed by atoms with Crippen molar-refractivity contribution in [3.63, 3.8) is 0 Å². The van der Waals surface area contributed by atoms with Crippen molar-refractivity contribution in [2.75, 3.05) is 13.2 Å². The Morgan fingerprint density at radius 1 is 1.60 bits per heavy atom. The summed E-state index contributed by atoms with van der Waals surface area (Å²) in [6.07, 6.45) is 1.59. The molecule has 0 aliphatic heterocycles. The summed E-state index contributed by atoms with van der Waals surface area (Å²) in [5.74, 6) is 0.0468. The minimum absolute atomic E-state index is 0.0419. The number of amides is 1. The molecule has 0 aromatic rings. The van der Waals surface area contributed by atoms with Gasteiger partial charge in [-0.1, -0.05) is 13.8 Å². The Bertz CT molecular complexity index is 229. The fraction of sp³-hybridized carbons (Fsp3) is 0.909. The van der Waals surface area contributed by atoms with Crippen LogP contribution in [0.1, 0.15) is 33.6 Å². The smallest absolute Gasteiger partial charge is 0.221 e. The SMILES string of the molecule is CCOC1CC(NC(=O)CCN)C1(C)C. The van der Waals surface area contributed by atoms with Gasteiger partial charge < -0.3 is 15.8 Å². The summed E-state index contributed by atoms with van der Waals surface area (Å²) in [6.45, 7) is 7.40. The second-order valence-electron chi connectivity index (χ2n) is 4.66. The lowest BCUT2D eigenvalue weighted by Crippen LogP contribution is -2.62. The van der Waals surface area contributed by atoms with E-state index in [0.717, 1.165) is 13.0 Å². The van der Waals surface area contributed by atoms with Crippen molar-refractivity contribution in [2.45, 2.75) is 45.8 Å². The maximum atomic E-state index is 11.4. The Morgan fingerprint density at radius 2 is 2.27 bits per heavy atom. The van der Waals surface area contributed by atoms with Crippen LogP contribution >= 0.6 is 0 Å². The molecule has 2 unspecified atom stereocenters. The zero-order chi connectivity index (χ0) is 11.5. The first-order valence-corrected chi connectivity index (χ1v) is 5.63. The van der Waals surface area contributed by atoms with Gasteiger partial charge >= 0.3 is 0 Å². The van der Waals surface area contributed by atoms with Crippen LogP contribution in [0.4, 0.5) is 0 Å².